The summed E-state index contributed by atoms with van der Waals surface area (Å²) in [6, 6.07) is 12.2. The number of hydrogen-bond donors (Lipinski definition) is 1. The molecule has 0 atom stereocenters. The average Bonchev–Trinajstić information content (AvgIpc) is 3.19. The van der Waals surface area contributed by atoms with E-state index in [2.05, 4.69) is 31.9 Å². The van der Waals surface area contributed by atoms with Crippen LogP contribution in [0.25, 0.3) is 10.4 Å². The minimum absolute atomic E-state index is 0.442. The Balaban J connectivity index is 1.46. The van der Waals surface area contributed by atoms with Gasteiger partial charge >= 0.3 is 0 Å². The van der Waals surface area contributed by atoms with E-state index in [1.807, 2.05) is 30.5 Å². The van der Waals surface area contributed by atoms with E-state index in [1.54, 1.807) is 17.5 Å². The Hall–Kier alpha value is -2.93. The van der Waals surface area contributed by atoms with Crippen molar-refractivity contribution in [3.8, 4) is 10.4 Å². The standard InChI is InChI=1S/C19H19N5OS/c20-18(25)15-12-21-7-6-16(15)23-8-10-24(11-9-23)19-22-13-17(26-19)14-4-2-1-3-5-14/h1-7,12-13H,8-11H2,(H2,20,25). The molecule has 1 aliphatic rings. The van der Waals surface area contributed by atoms with Crippen LogP contribution in [-0.4, -0.2) is 42.1 Å². The second kappa shape index (κ2) is 7.13. The van der Waals surface area contributed by atoms with Gasteiger partial charge in [-0.2, -0.15) is 0 Å². The van der Waals surface area contributed by atoms with Crippen molar-refractivity contribution in [1.29, 1.82) is 0 Å². The summed E-state index contributed by atoms with van der Waals surface area (Å²) >= 11 is 1.71. The first-order chi connectivity index (χ1) is 12.7. The smallest absolute Gasteiger partial charge is 0.252 e. The van der Waals surface area contributed by atoms with Crippen molar-refractivity contribution < 1.29 is 4.79 Å². The van der Waals surface area contributed by atoms with Gasteiger partial charge in [0.15, 0.2) is 5.13 Å². The van der Waals surface area contributed by atoms with E-state index in [0.29, 0.717) is 5.56 Å². The number of nitrogens with zero attached hydrogens (tertiary/aromatic N) is 4. The molecule has 0 saturated carbocycles. The third-order valence-corrected chi connectivity index (χ3v) is 5.61. The molecule has 0 spiro atoms. The number of pyridine rings is 1. The van der Waals surface area contributed by atoms with Gasteiger partial charge in [0, 0.05) is 44.8 Å². The summed E-state index contributed by atoms with van der Waals surface area (Å²) in [6.45, 7) is 3.32. The Bertz CT molecular complexity index is 903. The first-order valence-electron chi connectivity index (χ1n) is 8.47. The number of thiazole rings is 1. The van der Waals surface area contributed by atoms with Crippen LogP contribution in [0.15, 0.2) is 55.0 Å². The van der Waals surface area contributed by atoms with Gasteiger partial charge in [0.05, 0.1) is 16.1 Å². The predicted molar refractivity (Wildman–Crippen MR) is 105 cm³/mol. The lowest BCUT2D eigenvalue weighted by atomic mass is 10.2. The maximum absolute atomic E-state index is 11.6. The van der Waals surface area contributed by atoms with Crippen molar-refractivity contribution in [2.45, 2.75) is 0 Å². The molecule has 0 unspecified atom stereocenters. The van der Waals surface area contributed by atoms with Crippen LogP contribution >= 0.6 is 11.3 Å². The maximum atomic E-state index is 11.6. The SMILES string of the molecule is NC(=O)c1cnccc1N1CCN(c2ncc(-c3ccccc3)s2)CC1. The minimum atomic E-state index is -0.442. The summed E-state index contributed by atoms with van der Waals surface area (Å²) in [5.74, 6) is -0.442. The topological polar surface area (TPSA) is 75.4 Å². The fourth-order valence-electron chi connectivity index (χ4n) is 3.14. The van der Waals surface area contributed by atoms with Crippen molar-refractivity contribution in [3.05, 3.63) is 60.6 Å². The van der Waals surface area contributed by atoms with Crippen LogP contribution in [0.5, 0.6) is 0 Å². The number of benzene rings is 1. The molecule has 1 saturated heterocycles. The van der Waals surface area contributed by atoms with Crippen LogP contribution in [0.4, 0.5) is 10.8 Å². The monoisotopic (exact) mass is 365 g/mol. The number of anilines is 2. The summed E-state index contributed by atoms with van der Waals surface area (Å²) in [7, 11) is 0. The Morgan fingerprint density at radius 1 is 1.00 bits per heavy atom. The molecule has 1 fully saturated rings. The van der Waals surface area contributed by atoms with Gasteiger partial charge in [-0.15, -0.1) is 0 Å². The zero-order valence-electron chi connectivity index (χ0n) is 14.2. The van der Waals surface area contributed by atoms with Crippen LogP contribution in [0.3, 0.4) is 0 Å². The summed E-state index contributed by atoms with van der Waals surface area (Å²) < 4.78 is 0. The van der Waals surface area contributed by atoms with Crippen LogP contribution in [-0.2, 0) is 0 Å². The maximum Gasteiger partial charge on any atom is 0.252 e. The second-order valence-electron chi connectivity index (χ2n) is 6.10. The highest BCUT2D eigenvalue weighted by Gasteiger charge is 2.22. The quantitative estimate of drug-likeness (QED) is 0.769. The third kappa shape index (κ3) is 3.25. The van der Waals surface area contributed by atoms with Gasteiger partial charge in [-0.3, -0.25) is 9.78 Å². The summed E-state index contributed by atoms with van der Waals surface area (Å²) in [6.07, 6.45) is 5.17. The van der Waals surface area contributed by atoms with Gasteiger partial charge in [0.2, 0.25) is 0 Å². The number of carbonyl (C=O) groups is 1. The van der Waals surface area contributed by atoms with Gasteiger partial charge in [-0.1, -0.05) is 41.7 Å². The molecule has 0 radical (unpaired) electrons. The normalized spacial score (nSPS) is 14.5. The Morgan fingerprint density at radius 2 is 1.73 bits per heavy atom. The molecule has 1 aromatic carbocycles. The predicted octanol–water partition coefficient (Wildman–Crippen LogP) is 2.63. The zero-order chi connectivity index (χ0) is 17.9. The van der Waals surface area contributed by atoms with E-state index < -0.39 is 5.91 Å². The van der Waals surface area contributed by atoms with Crippen LogP contribution in [0.2, 0.25) is 0 Å². The molecule has 26 heavy (non-hydrogen) atoms. The fraction of sp³-hybridized carbons (Fsp3) is 0.211. The molecule has 0 aliphatic carbocycles. The van der Waals surface area contributed by atoms with E-state index in [1.165, 1.54) is 16.6 Å². The Morgan fingerprint density at radius 3 is 2.46 bits per heavy atom. The van der Waals surface area contributed by atoms with Gasteiger partial charge < -0.3 is 15.5 Å². The molecule has 3 aromatic rings. The molecule has 6 nitrogen and oxygen atoms in total. The molecule has 132 valence electrons. The summed E-state index contributed by atoms with van der Waals surface area (Å²) in [4.78, 5) is 25.9. The number of amides is 1. The first-order valence-corrected chi connectivity index (χ1v) is 9.29. The molecular weight excluding hydrogens is 346 g/mol. The van der Waals surface area contributed by atoms with Crippen molar-refractivity contribution in [3.63, 3.8) is 0 Å². The van der Waals surface area contributed by atoms with E-state index in [0.717, 1.165) is 37.0 Å². The Kier molecular flexibility index (Phi) is 4.53. The first kappa shape index (κ1) is 16.5. The number of carbonyl (C=O) groups excluding carboxylic acids is 1. The molecule has 1 aliphatic heterocycles. The third-order valence-electron chi connectivity index (χ3n) is 4.51. The number of piperazine rings is 1. The minimum Gasteiger partial charge on any atom is -0.367 e. The van der Waals surface area contributed by atoms with E-state index in [9.17, 15) is 4.79 Å². The molecule has 1 amide bonds. The average molecular weight is 365 g/mol. The van der Waals surface area contributed by atoms with E-state index in [-0.39, 0.29) is 0 Å². The molecule has 7 heteroatoms. The van der Waals surface area contributed by atoms with Crippen LogP contribution < -0.4 is 15.5 Å². The van der Waals surface area contributed by atoms with Gasteiger partial charge in [0.1, 0.15) is 0 Å². The highest BCUT2D eigenvalue weighted by atomic mass is 32.1. The number of primary amides is 1. The van der Waals surface area contributed by atoms with Gasteiger partial charge in [0.25, 0.3) is 5.91 Å². The lowest BCUT2D eigenvalue weighted by Gasteiger charge is -2.36. The molecule has 2 N–H and O–H groups in total. The molecular formula is C19H19N5OS. The van der Waals surface area contributed by atoms with Crippen molar-refractivity contribution in [1.82, 2.24) is 9.97 Å². The number of hydrogen-bond acceptors (Lipinski definition) is 6. The van der Waals surface area contributed by atoms with Crippen molar-refractivity contribution in [2.24, 2.45) is 5.73 Å². The molecule has 3 heterocycles. The fourth-order valence-corrected chi connectivity index (χ4v) is 4.11. The van der Waals surface area contributed by atoms with Crippen molar-refractivity contribution >= 4 is 28.1 Å². The molecule has 0 bridgehead atoms. The lowest BCUT2D eigenvalue weighted by Crippen LogP contribution is -2.47. The Labute approximate surface area is 155 Å². The van der Waals surface area contributed by atoms with E-state index >= 15 is 0 Å². The molecule has 2 aromatic heterocycles. The van der Waals surface area contributed by atoms with Gasteiger partial charge in [-0.05, 0) is 11.6 Å². The van der Waals surface area contributed by atoms with Crippen LogP contribution in [0, 0.1) is 0 Å². The number of nitrogens with two attached hydrogens (primary N) is 1. The van der Waals surface area contributed by atoms with Crippen molar-refractivity contribution in [2.75, 3.05) is 36.0 Å². The summed E-state index contributed by atoms with van der Waals surface area (Å²) in [5.41, 5.74) is 8.00. The highest BCUT2D eigenvalue weighted by molar-refractivity contribution is 7.18. The molecule has 4 rings (SSSR count). The number of aromatic nitrogens is 2. The lowest BCUT2D eigenvalue weighted by molar-refractivity contribution is 0.100. The highest BCUT2D eigenvalue weighted by Crippen LogP contribution is 2.32. The van der Waals surface area contributed by atoms with E-state index in [4.69, 9.17) is 5.73 Å². The van der Waals surface area contributed by atoms with Crippen LogP contribution in [0.1, 0.15) is 10.4 Å². The van der Waals surface area contributed by atoms with Gasteiger partial charge in [-0.25, -0.2) is 4.98 Å². The zero-order valence-corrected chi connectivity index (χ0v) is 15.0. The largest absolute Gasteiger partial charge is 0.367 e. The second-order valence-corrected chi connectivity index (χ2v) is 7.11. The summed E-state index contributed by atoms with van der Waals surface area (Å²) in [5, 5.41) is 1.04. The number of rotatable bonds is 4.